The number of fused-ring (bicyclic) bond motifs is 1. The highest BCUT2D eigenvalue weighted by molar-refractivity contribution is 7.89. The molecule has 2 aliphatic rings. The van der Waals surface area contributed by atoms with Crippen LogP contribution in [-0.4, -0.2) is 26.9 Å². The molecule has 2 aromatic carbocycles. The quantitative estimate of drug-likeness (QED) is 0.397. The number of sulfonamides is 1. The second-order valence-electron chi connectivity index (χ2n) is 10.3. The van der Waals surface area contributed by atoms with Crippen molar-refractivity contribution in [2.75, 3.05) is 6.54 Å². The maximum atomic E-state index is 13.0. The van der Waals surface area contributed by atoms with E-state index in [2.05, 4.69) is 40.5 Å². The molecule has 3 N–H and O–H groups in total. The van der Waals surface area contributed by atoms with Gasteiger partial charge < -0.3 is 10.6 Å². The fourth-order valence-electron chi connectivity index (χ4n) is 4.78. The van der Waals surface area contributed by atoms with Crippen molar-refractivity contribution in [3.63, 3.8) is 0 Å². The van der Waals surface area contributed by atoms with Gasteiger partial charge in [-0.15, -0.1) is 0 Å². The van der Waals surface area contributed by atoms with E-state index in [0.29, 0.717) is 6.07 Å². The normalized spacial score (nSPS) is 19.6. The van der Waals surface area contributed by atoms with E-state index in [4.69, 9.17) is 0 Å². The second-order valence-corrected chi connectivity index (χ2v) is 12.0. The van der Waals surface area contributed by atoms with Crippen LogP contribution in [0.25, 0.3) is 0 Å². The summed E-state index contributed by atoms with van der Waals surface area (Å²) < 4.78 is 66.5. The highest BCUT2D eigenvalue weighted by atomic mass is 32.2. The Bertz CT molecular complexity index is 1230. The molecule has 6 nitrogen and oxygen atoms in total. The first-order chi connectivity index (χ1) is 17.4. The maximum Gasteiger partial charge on any atom is 0.416 e. The third-order valence-electron chi connectivity index (χ3n) is 7.05. The molecule has 1 saturated carbocycles. The van der Waals surface area contributed by atoms with E-state index in [1.807, 2.05) is 0 Å². The molecule has 0 radical (unpaired) electrons. The van der Waals surface area contributed by atoms with Gasteiger partial charge in [-0.25, -0.2) is 13.1 Å². The van der Waals surface area contributed by atoms with Crippen LogP contribution in [0.5, 0.6) is 0 Å². The number of alkyl halides is 3. The van der Waals surface area contributed by atoms with Crippen molar-refractivity contribution >= 4 is 15.9 Å². The molecule has 2 aromatic rings. The monoisotopic (exact) mass is 537 g/mol. The van der Waals surface area contributed by atoms with Crippen molar-refractivity contribution in [1.29, 1.82) is 0 Å². The molecule has 1 unspecified atom stereocenters. The Hall–Kier alpha value is -2.43. The van der Waals surface area contributed by atoms with Crippen molar-refractivity contribution in [2.45, 2.75) is 81.6 Å². The Labute approximate surface area is 216 Å². The largest absolute Gasteiger partial charge is 0.416 e. The van der Waals surface area contributed by atoms with Gasteiger partial charge in [-0.1, -0.05) is 24.3 Å². The fraction of sp³-hybridized carbons (Fsp3) is 0.519. The van der Waals surface area contributed by atoms with Crippen LogP contribution < -0.4 is 15.4 Å². The Morgan fingerprint density at radius 3 is 2.54 bits per heavy atom. The molecular formula is C27H34F3N3O3S. The molecule has 0 spiro atoms. The van der Waals surface area contributed by atoms with Gasteiger partial charge in [0, 0.05) is 18.5 Å². The molecule has 4 rings (SSSR count). The van der Waals surface area contributed by atoms with Gasteiger partial charge in [0.15, 0.2) is 0 Å². The number of amides is 1. The van der Waals surface area contributed by atoms with Gasteiger partial charge in [-0.05, 0) is 93.3 Å². The van der Waals surface area contributed by atoms with Gasteiger partial charge in [0.2, 0.25) is 15.9 Å². The summed E-state index contributed by atoms with van der Waals surface area (Å²) in [4.78, 5) is 12.3. The maximum absolute atomic E-state index is 13.0. The highest BCUT2D eigenvalue weighted by Gasteiger charge is 2.32. The number of carbonyl (C=O) groups is 1. The van der Waals surface area contributed by atoms with E-state index in [9.17, 15) is 26.4 Å². The van der Waals surface area contributed by atoms with E-state index in [0.717, 1.165) is 55.5 Å². The standard InChI is InChI=1S/C27H34F3N3O3S/c1-17(33-37(35,36)23-7-4-6-22(15-23)27(28,29)30)13-26(34)32-25-8-3-5-21-14-20(11-12-24(21)25)18(2)31-16-19-9-10-19/h4,6-7,11-12,14-15,17-19,25,31,33H,3,5,8-10,13,16H2,1-2H3,(H,32,34)/t17-,18?,25+/m0/s1. The number of carbonyl (C=O) groups excluding carboxylic acids is 1. The first-order valence-corrected chi connectivity index (χ1v) is 14.3. The first-order valence-electron chi connectivity index (χ1n) is 12.8. The molecule has 0 aromatic heterocycles. The number of benzene rings is 2. The molecule has 0 heterocycles. The second kappa shape index (κ2) is 11.1. The van der Waals surface area contributed by atoms with Crippen LogP contribution in [0, 0.1) is 5.92 Å². The van der Waals surface area contributed by atoms with Crippen LogP contribution in [0.2, 0.25) is 0 Å². The molecule has 202 valence electrons. The number of hydrogen-bond donors (Lipinski definition) is 3. The average Bonchev–Trinajstić information content (AvgIpc) is 3.66. The van der Waals surface area contributed by atoms with Crippen LogP contribution in [0.4, 0.5) is 13.2 Å². The van der Waals surface area contributed by atoms with Gasteiger partial charge in [-0.3, -0.25) is 4.79 Å². The predicted molar refractivity (Wildman–Crippen MR) is 135 cm³/mol. The summed E-state index contributed by atoms with van der Waals surface area (Å²) in [7, 11) is -4.22. The minimum atomic E-state index is -4.65. The molecule has 1 fully saturated rings. The van der Waals surface area contributed by atoms with Crippen LogP contribution in [-0.2, 0) is 27.4 Å². The minimum absolute atomic E-state index is 0.135. The molecule has 37 heavy (non-hydrogen) atoms. The van der Waals surface area contributed by atoms with Gasteiger partial charge >= 0.3 is 6.18 Å². The van der Waals surface area contributed by atoms with Gasteiger partial charge in [-0.2, -0.15) is 13.2 Å². The van der Waals surface area contributed by atoms with Crippen molar-refractivity contribution in [1.82, 2.24) is 15.4 Å². The fourth-order valence-corrected chi connectivity index (χ4v) is 6.07. The summed E-state index contributed by atoms with van der Waals surface area (Å²) >= 11 is 0. The topological polar surface area (TPSA) is 87.3 Å². The average molecular weight is 538 g/mol. The van der Waals surface area contributed by atoms with E-state index < -0.39 is 32.7 Å². The smallest absolute Gasteiger partial charge is 0.349 e. The zero-order valence-corrected chi connectivity index (χ0v) is 21.9. The molecule has 2 aliphatic carbocycles. The molecule has 0 saturated heterocycles. The lowest BCUT2D eigenvalue weighted by molar-refractivity contribution is -0.137. The number of aryl methyl sites for hydroxylation is 1. The van der Waals surface area contributed by atoms with Crippen molar-refractivity contribution in [3.8, 4) is 0 Å². The lowest BCUT2D eigenvalue weighted by atomic mass is 9.85. The third-order valence-corrected chi connectivity index (χ3v) is 8.63. The lowest BCUT2D eigenvalue weighted by Gasteiger charge is -2.28. The molecule has 1 amide bonds. The molecular weight excluding hydrogens is 503 g/mol. The molecule has 10 heteroatoms. The van der Waals surface area contributed by atoms with Crippen LogP contribution in [0.15, 0.2) is 47.4 Å². The van der Waals surface area contributed by atoms with Crippen molar-refractivity contribution in [2.24, 2.45) is 5.92 Å². The summed E-state index contributed by atoms with van der Waals surface area (Å²) in [6.45, 7) is 4.71. The van der Waals surface area contributed by atoms with Crippen LogP contribution in [0.1, 0.15) is 80.3 Å². The summed E-state index contributed by atoms with van der Waals surface area (Å²) in [5, 5.41) is 6.61. The summed E-state index contributed by atoms with van der Waals surface area (Å²) in [6.07, 6.45) is 0.482. The third kappa shape index (κ3) is 7.33. The summed E-state index contributed by atoms with van der Waals surface area (Å²) in [5.41, 5.74) is 2.47. The zero-order chi connectivity index (χ0) is 26.8. The van der Waals surface area contributed by atoms with E-state index in [-0.39, 0.29) is 24.4 Å². The Morgan fingerprint density at radius 2 is 1.84 bits per heavy atom. The summed E-state index contributed by atoms with van der Waals surface area (Å²) in [6, 6.07) is 9.22. The Balaban J connectivity index is 1.35. The van der Waals surface area contributed by atoms with Crippen LogP contribution >= 0.6 is 0 Å². The van der Waals surface area contributed by atoms with Gasteiger partial charge in [0.25, 0.3) is 0 Å². The molecule has 3 atom stereocenters. The van der Waals surface area contributed by atoms with Crippen molar-refractivity contribution in [3.05, 3.63) is 64.7 Å². The lowest BCUT2D eigenvalue weighted by Crippen LogP contribution is -2.39. The van der Waals surface area contributed by atoms with E-state index in [1.165, 1.54) is 30.9 Å². The van der Waals surface area contributed by atoms with E-state index in [1.54, 1.807) is 0 Å². The van der Waals surface area contributed by atoms with Crippen LogP contribution in [0.3, 0.4) is 0 Å². The number of halogens is 3. The van der Waals surface area contributed by atoms with Gasteiger partial charge in [0.05, 0.1) is 16.5 Å². The number of hydrogen-bond acceptors (Lipinski definition) is 4. The Kier molecular flexibility index (Phi) is 8.30. The number of nitrogens with one attached hydrogen (secondary N) is 3. The van der Waals surface area contributed by atoms with E-state index >= 15 is 0 Å². The highest BCUT2D eigenvalue weighted by Crippen LogP contribution is 2.33. The SMILES string of the molecule is CC(NCC1CC1)c1ccc2c(c1)CCC[C@H]2NC(=O)C[C@H](C)NS(=O)(=O)c1cccc(C(F)(F)F)c1. The molecule has 0 aliphatic heterocycles. The zero-order valence-electron chi connectivity index (χ0n) is 21.1. The minimum Gasteiger partial charge on any atom is -0.349 e. The first kappa shape index (κ1) is 27.6. The number of rotatable bonds is 10. The molecule has 0 bridgehead atoms. The Morgan fingerprint density at radius 1 is 1.08 bits per heavy atom. The summed E-state index contributed by atoms with van der Waals surface area (Å²) in [5.74, 6) is 0.484. The van der Waals surface area contributed by atoms with Gasteiger partial charge in [0.1, 0.15) is 0 Å². The van der Waals surface area contributed by atoms with Crippen molar-refractivity contribution < 1.29 is 26.4 Å². The predicted octanol–water partition coefficient (Wildman–Crippen LogP) is 5.02.